The Morgan fingerprint density at radius 3 is 2.87 bits per heavy atom. The lowest BCUT2D eigenvalue weighted by atomic mass is 10.0. The van der Waals surface area contributed by atoms with Crippen molar-refractivity contribution in [3.05, 3.63) is 17.5 Å². The number of aromatic nitrogens is 2. The third-order valence-corrected chi connectivity index (χ3v) is 2.34. The van der Waals surface area contributed by atoms with Crippen LogP contribution in [0.2, 0.25) is 0 Å². The summed E-state index contributed by atoms with van der Waals surface area (Å²) in [6.07, 6.45) is 2.81. The van der Waals surface area contributed by atoms with E-state index in [0.29, 0.717) is 12.8 Å². The van der Waals surface area contributed by atoms with E-state index in [2.05, 4.69) is 9.84 Å². The van der Waals surface area contributed by atoms with Crippen molar-refractivity contribution in [3.8, 4) is 0 Å². The molecule has 84 valence electrons. The molecule has 1 rings (SSSR count). The zero-order valence-electron chi connectivity index (χ0n) is 9.36. The van der Waals surface area contributed by atoms with Gasteiger partial charge in [-0.05, 0) is 13.3 Å². The first-order chi connectivity index (χ1) is 7.04. The SMILES string of the molecule is COC(=O)CCC(N)c1cn(C)nc1C. The molecule has 0 saturated heterocycles. The van der Waals surface area contributed by atoms with Crippen LogP contribution in [0.1, 0.15) is 30.1 Å². The van der Waals surface area contributed by atoms with Crippen LogP contribution in [0.15, 0.2) is 6.20 Å². The lowest BCUT2D eigenvalue weighted by molar-refractivity contribution is -0.140. The fraction of sp³-hybridized carbons (Fsp3) is 0.600. The van der Waals surface area contributed by atoms with Crippen molar-refractivity contribution in [1.82, 2.24) is 9.78 Å². The third-order valence-electron chi connectivity index (χ3n) is 2.34. The molecular weight excluding hydrogens is 194 g/mol. The summed E-state index contributed by atoms with van der Waals surface area (Å²) in [5, 5.41) is 4.20. The molecule has 0 spiro atoms. The molecule has 0 aliphatic heterocycles. The van der Waals surface area contributed by atoms with Gasteiger partial charge in [-0.25, -0.2) is 0 Å². The molecule has 0 radical (unpaired) electrons. The lowest BCUT2D eigenvalue weighted by Gasteiger charge is -2.09. The van der Waals surface area contributed by atoms with E-state index in [1.165, 1.54) is 7.11 Å². The minimum atomic E-state index is -0.230. The molecular formula is C10H17N3O2. The number of hydrogen-bond donors (Lipinski definition) is 1. The van der Waals surface area contributed by atoms with Crippen LogP contribution >= 0.6 is 0 Å². The van der Waals surface area contributed by atoms with Gasteiger partial charge in [0.2, 0.25) is 0 Å². The van der Waals surface area contributed by atoms with E-state index in [0.717, 1.165) is 11.3 Å². The Balaban J connectivity index is 2.57. The summed E-state index contributed by atoms with van der Waals surface area (Å²) in [6.45, 7) is 1.91. The number of aryl methyl sites for hydroxylation is 2. The number of methoxy groups -OCH3 is 1. The Morgan fingerprint density at radius 1 is 1.73 bits per heavy atom. The molecule has 5 nitrogen and oxygen atoms in total. The quantitative estimate of drug-likeness (QED) is 0.743. The summed E-state index contributed by atoms with van der Waals surface area (Å²) in [7, 11) is 3.23. The minimum absolute atomic E-state index is 0.155. The number of hydrogen-bond acceptors (Lipinski definition) is 4. The zero-order valence-corrected chi connectivity index (χ0v) is 9.36. The highest BCUT2D eigenvalue weighted by Gasteiger charge is 2.13. The second-order valence-corrected chi connectivity index (χ2v) is 3.56. The van der Waals surface area contributed by atoms with E-state index < -0.39 is 0 Å². The predicted molar refractivity (Wildman–Crippen MR) is 56.1 cm³/mol. The van der Waals surface area contributed by atoms with Crippen molar-refractivity contribution >= 4 is 5.97 Å². The van der Waals surface area contributed by atoms with Crippen LogP contribution in [-0.2, 0) is 16.6 Å². The molecule has 1 aromatic rings. The highest BCUT2D eigenvalue weighted by atomic mass is 16.5. The highest BCUT2D eigenvalue weighted by Crippen LogP contribution is 2.18. The number of nitrogens with zero attached hydrogens (tertiary/aromatic N) is 2. The Hall–Kier alpha value is -1.36. The molecule has 15 heavy (non-hydrogen) atoms. The van der Waals surface area contributed by atoms with Crippen molar-refractivity contribution in [2.75, 3.05) is 7.11 Å². The molecule has 5 heteroatoms. The van der Waals surface area contributed by atoms with Gasteiger partial charge in [0, 0.05) is 31.3 Å². The first-order valence-electron chi connectivity index (χ1n) is 4.87. The van der Waals surface area contributed by atoms with Crippen molar-refractivity contribution in [1.29, 1.82) is 0 Å². The Bertz CT molecular complexity index is 346. The number of esters is 1. The molecule has 0 aliphatic rings. The van der Waals surface area contributed by atoms with E-state index in [1.807, 2.05) is 20.2 Å². The van der Waals surface area contributed by atoms with E-state index in [4.69, 9.17) is 5.73 Å². The fourth-order valence-electron chi connectivity index (χ4n) is 1.51. The number of carbonyl (C=O) groups is 1. The molecule has 1 atom stereocenters. The second-order valence-electron chi connectivity index (χ2n) is 3.56. The first kappa shape index (κ1) is 11.7. The van der Waals surface area contributed by atoms with Crippen LogP contribution in [0.3, 0.4) is 0 Å². The van der Waals surface area contributed by atoms with Gasteiger partial charge in [-0.3, -0.25) is 9.48 Å². The highest BCUT2D eigenvalue weighted by molar-refractivity contribution is 5.69. The average molecular weight is 211 g/mol. The standard InChI is InChI=1S/C10H17N3O2/c1-7-8(6-13(2)12-7)9(11)4-5-10(14)15-3/h6,9H,4-5,11H2,1-3H3. The van der Waals surface area contributed by atoms with Gasteiger partial charge in [-0.2, -0.15) is 5.10 Å². The summed E-state index contributed by atoms with van der Waals surface area (Å²) >= 11 is 0. The Kier molecular flexibility index (Phi) is 3.85. The van der Waals surface area contributed by atoms with Crippen molar-refractivity contribution < 1.29 is 9.53 Å². The van der Waals surface area contributed by atoms with Crippen LogP contribution < -0.4 is 5.73 Å². The van der Waals surface area contributed by atoms with Crippen LogP contribution in [0.5, 0.6) is 0 Å². The number of nitrogens with two attached hydrogens (primary N) is 1. The molecule has 1 heterocycles. The van der Waals surface area contributed by atoms with E-state index >= 15 is 0 Å². The smallest absolute Gasteiger partial charge is 0.305 e. The zero-order chi connectivity index (χ0) is 11.4. The summed E-state index contributed by atoms with van der Waals surface area (Å²) in [5.41, 5.74) is 7.85. The van der Waals surface area contributed by atoms with Gasteiger partial charge in [0.25, 0.3) is 0 Å². The lowest BCUT2D eigenvalue weighted by Crippen LogP contribution is -2.13. The molecule has 0 aromatic carbocycles. The maximum Gasteiger partial charge on any atom is 0.305 e. The molecule has 0 bridgehead atoms. The molecule has 0 fully saturated rings. The molecule has 1 unspecified atom stereocenters. The molecule has 0 aliphatic carbocycles. The Labute approximate surface area is 89.2 Å². The normalized spacial score (nSPS) is 12.5. The van der Waals surface area contributed by atoms with Gasteiger partial charge < -0.3 is 10.5 Å². The predicted octanol–water partition coefficient (Wildman–Crippen LogP) is 0.682. The topological polar surface area (TPSA) is 70.1 Å². The molecule has 0 amide bonds. The number of carbonyl (C=O) groups excluding carboxylic acids is 1. The van der Waals surface area contributed by atoms with E-state index in [1.54, 1.807) is 4.68 Å². The second kappa shape index (κ2) is 4.93. The number of ether oxygens (including phenoxy) is 1. The van der Waals surface area contributed by atoms with Gasteiger partial charge in [0.15, 0.2) is 0 Å². The van der Waals surface area contributed by atoms with Gasteiger partial charge in [0.05, 0.1) is 12.8 Å². The van der Waals surface area contributed by atoms with Gasteiger partial charge >= 0.3 is 5.97 Å². The maximum atomic E-state index is 10.9. The average Bonchev–Trinajstić information content (AvgIpc) is 2.53. The first-order valence-corrected chi connectivity index (χ1v) is 4.87. The van der Waals surface area contributed by atoms with Crippen molar-refractivity contribution in [2.24, 2.45) is 12.8 Å². The molecule has 2 N–H and O–H groups in total. The summed E-state index contributed by atoms with van der Waals surface area (Å²) in [5.74, 6) is -0.230. The van der Waals surface area contributed by atoms with Gasteiger partial charge in [0.1, 0.15) is 0 Å². The molecule has 1 aromatic heterocycles. The molecule has 0 saturated carbocycles. The summed E-state index contributed by atoms with van der Waals surface area (Å²) in [4.78, 5) is 10.9. The maximum absolute atomic E-state index is 10.9. The largest absolute Gasteiger partial charge is 0.469 e. The summed E-state index contributed by atoms with van der Waals surface area (Å²) in [6, 6.07) is -0.155. The minimum Gasteiger partial charge on any atom is -0.469 e. The van der Waals surface area contributed by atoms with Crippen LogP contribution in [0.25, 0.3) is 0 Å². The van der Waals surface area contributed by atoms with Gasteiger partial charge in [-0.1, -0.05) is 0 Å². The number of rotatable bonds is 4. The fourth-order valence-corrected chi connectivity index (χ4v) is 1.51. The van der Waals surface area contributed by atoms with E-state index in [9.17, 15) is 4.79 Å². The van der Waals surface area contributed by atoms with Gasteiger partial charge in [-0.15, -0.1) is 0 Å². The van der Waals surface area contributed by atoms with Crippen molar-refractivity contribution in [2.45, 2.75) is 25.8 Å². The summed E-state index contributed by atoms with van der Waals surface area (Å²) < 4.78 is 6.28. The van der Waals surface area contributed by atoms with E-state index in [-0.39, 0.29) is 12.0 Å². The van der Waals surface area contributed by atoms with Crippen LogP contribution in [0.4, 0.5) is 0 Å². The van der Waals surface area contributed by atoms with Crippen LogP contribution in [-0.4, -0.2) is 22.9 Å². The van der Waals surface area contributed by atoms with Crippen LogP contribution in [0, 0.1) is 6.92 Å². The van der Waals surface area contributed by atoms with Crippen molar-refractivity contribution in [3.63, 3.8) is 0 Å². The third kappa shape index (κ3) is 3.06. The monoisotopic (exact) mass is 211 g/mol. The Morgan fingerprint density at radius 2 is 2.40 bits per heavy atom.